The van der Waals surface area contributed by atoms with Crippen molar-refractivity contribution in [1.82, 2.24) is 21.1 Å². The first-order valence-corrected chi connectivity index (χ1v) is 8.03. The van der Waals surface area contributed by atoms with Crippen molar-refractivity contribution in [2.24, 2.45) is 4.99 Å². The summed E-state index contributed by atoms with van der Waals surface area (Å²) in [4.78, 5) is 21.6. The Labute approximate surface area is 160 Å². The molecule has 0 atom stereocenters. The maximum absolute atomic E-state index is 12.5. The number of benzene rings is 1. The largest absolute Gasteiger partial charge is 0.452 e. The first-order chi connectivity index (χ1) is 13.9. The van der Waals surface area contributed by atoms with E-state index in [-0.39, 0.29) is 5.82 Å². The van der Waals surface area contributed by atoms with Gasteiger partial charge in [-0.2, -0.15) is 18.2 Å². The standard InChI is InChI=1S/C16H12F3N7O3/c17-16(18,19)13-5-14(25-28-13)23-15(27)22-9-1-3-10(4-2-9)29-26-8-20-6-11-12(26)7-21-24-11/h1-8,21,24H,(H2,22,23,25,27). The number of nitrogens with one attached hydrogen (secondary N) is 4. The van der Waals surface area contributed by atoms with Crippen molar-refractivity contribution in [3.05, 3.63) is 59.9 Å². The molecule has 0 saturated heterocycles. The lowest BCUT2D eigenvalue weighted by atomic mass is 10.3. The molecule has 2 amide bonds. The summed E-state index contributed by atoms with van der Waals surface area (Å²) in [5.74, 6) is -1.21. The monoisotopic (exact) mass is 407 g/mol. The molecular weight excluding hydrogens is 395 g/mol. The second-order valence-electron chi connectivity index (χ2n) is 5.70. The van der Waals surface area contributed by atoms with Crippen LogP contribution < -0.4 is 26.3 Å². The van der Waals surface area contributed by atoms with Crippen LogP contribution in [0.25, 0.3) is 0 Å². The molecule has 13 heteroatoms. The zero-order valence-electron chi connectivity index (χ0n) is 14.3. The summed E-state index contributed by atoms with van der Waals surface area (Å²) >= 11 is 0. The van der Waals surface area contributed by atoms with Gasteiger partial charge in [-0.3, -0.25) is 10.7 Å². The fraction of sp³-hybridized carbons (Fsp3) is 0.0625. The first-order valence-electron chi connectivity index (χ1n) is 8.03. The van der Waals surface area contributed by atoms with Gasteiger partial charge in [-0.25, -0.2) is 9.79 Å². The second-order valence-corrected chi connectivity index (χ2v) is 5.70. The third kappa shape index (κ3) is 4.07. The van der Waals surface area contributed by atoms with Gasteiger partial charge in [0.15, 0.2) is 11.6 Å². The van der Waals surface area contributed by atoms with Crippen LogP contribution in [-0.2, 0) is 6.18 Å². The number of aromatic nitrogens is 1. The number of anilines is 2. The number of alkyl halides is 3. The van der Waals surface area contributed by atoms with Crippen molar-refractivity contribution in [1.29, 1.82) is 0 Å². The van der Waals surface area contributed by atoms with E-state index in [2.05, 4.69) is 36.2 Å². The predicted octanol–water partition coefficient (Wildman–Crippen LogP) is 2.77. The molecule has 0 saturated carbocycles. The fourth-order valence-electron chi connectivity index (χ4n) is 2.37. The highest BCUT2D eigenvalue weighted by Gasteiger charge is 2.36. The Hall–Kier alpha value is -4.16. The molecule has 0 bridgehead atoms. The van der Waals surface area contributed by atoms with Crippen molar-refractivity contribution in [3.63, 3.8) is 0 Å². The van der Waals surface area contributed by atoms with Crippen LogP contribution in [0.2, 0.25) is 0 Å². The predicted molar refractivity (Wildman–Crippen MR) is 94.0 cm³/mol. The summed E-state index contributed by atoms with van der Waals surface area (Å²) in [6.45, 7) is 0. The molecule has 10 nitrogen and oxygen atoms in total. The topological polar surface area (TPSA) is 116 Å². The van der Waals surface area contributed by atoms with Crippen molar-refractivity contribution in [3.8, 4) is 5.75 Å². The molecule has 1 aromatic heterocycles. The summed E-state index contributed by atoms with van der Waals surface area (Å²) < 4.78 is 41.5. The molecule has 1 aromatic carbocycles. The van der Waals surface area contributed by atoms with Crippen LogP contribution in [0.5, 0.6) is 5.75 Å². The normalized spacial score (nSPS) is 14.9. The Morgan fingerprint density at radius 3 is 2.72 bits per heavy atom. The number of urea groups is 1. The van der Waals surface area contributed by atoms with Crippen LogP contribution >= 0.6 is 0 Å². The Morgan fingerprint density at radius 1 is 1.21 bits per heavy atom. The average Bonchev–Trinajstić information content (AvgIpc) is 3.33. The number of carbonyl (C=O) groups is 1. The molecule has 0 spiro atoms. The molecule has 4 rings (SSSR count). The molecule has 2 aliphatic rings. The minimum atomic E-state index is -4.68. The molecule has 3 heterocycles. The van der Waals surface area contributed by atoms with Gasteiger partial charge in [-0.15, -0.1) is 0 Å². The van der Waals surface area contributed by atoms with E-state index >= 15 is 0 Å². The number of nitrogens with zero attached hydrogens (tertiary/aromatic N) is 3. The minimum Gasteiger partial charge on any atom is -0.374 e. The van der Waals surface area contributed by atoms with Gasteiger partial charge >= 0.3 is 12.2 Å². The number of hydrogen-bond acceptors (Lipinski definition) is 8. The number of carbonyl (C=O) groups excluding carboxylic acids is 1. The van der Waals surface area contributed by atoms with Crippen LogP contribution in [0.1, 0.15) is 5.76 Å². The van der Waals surface area contributed by atoms with E-state index in [9.17, 15) is 18.0 Å². The second kappa shape index (κ2) is 7.10. The smallest absolute Gasteiger partial charge is 0.374 e. The van der Waals surface area contributed by atoms with Gasteiger partial charge in [0.25, 0.3) is 0 Å². The summed E-state index contributed by atoms with van der Waals surface area (Å²) in [5.41, 5.74) is 7.57. The van der Waals surface area contributed by atoms with Crippen LogP contribution in [-0.4, -0.2) is 22.6 Å². The Morgan fingerprint density at radius 2 is 2.00 bits per heavy atom. The van der Waals surface area contributed by atoms with Gasteiger partial charge < -0.3 is 20.1 Å². The Balaban J connectivity index is 1.33. The van der Waals surface area contributed by atoms with Gasteiger partial charge in [0.05, 0.1) is 6.20 Å². The maximum Gasteiger partial charge on any atom is 0.452 e. The lowest BCUT2D eigenvalue weighted by molar-refractivity contribution is -0.155. The van der Waals surface area contributed by atoms with E-state index in [1.54, 1.807) is 36.7 Å². The number of hydrogen-bond donors (Lipinski definition) is 4. The highest BCUT2D eigenvalue weighted by atomic mass is 19.4. The van der Waals surface area contributed by atoms with Gasteiger partial charge in [0.1, 0.15) is 17.7 Å². The minimum absolute atomic E-state index is 0.366. The highest BCUT2D eigenvalue weighted by Crippen LogP contribution is 2.30. The molecule has 0 unspecified atom stereocenters. The summed E-state index contributed by atoms with van der Waals surface area (Å²) in [7, 11) is 0. The molecule has 0 fully saturated rings. The van der Waals surface area contributed by atoms with E-state index in [0.717, 1.165) is 11.4 Å². The van der Waals surface area contributed by atoms with Crippen molar-refractivity contribution in [2.45, 2.75) is 6.18 Å². The van der Waals surface area contributed by atoms with Crippen LogP contribution in [0.15, 0.2) is 63.6 Å². The third-order valence-corrected chi connectivity index (χ3v) is 3.65. The zero-order chi connectivity index (χ0) is 20.4. The SMILES string of the molecule is O=C(Nc1ccc(ON2C=NC=C3NNC=C32)cc1)Nc1cc(C(F)(F)F)on1. The van der Waals surface area contributed by atoms with Crippen molar-refractivity contribution in [2.75, 3.05) is 10.6 Å². The van der Waals surface area contributed by atoms with Crippen LogP contribution in [0.4, 0.5) is 29.5 Å². The summed E-state index contributed by atoms with van der Waals surface area (Å²) in [6, 6.07) is 6.09. The lowest BCUT2D eigenvalue weighted by Gasteiger charge is -2.22. The first kappa shape index (κ1) is 18.2. The number of rotatable bonds is 4. The molecule has 150 valence electrons. The molecule has 2 aliphatic heterocycles. The van der Waals surface area contributed by atoms with Crippen molar-refractivity contribution < 1.29 is 27.3 Å². The molecule has 4 N–H and O–H groups in total. The number of hydroxylamine groups is 2. The van der Waals surface area contributed by atoms with Gasteiger partial charge in [0.2, 0.25) is 5.76 Å². The van der Waals surface area contributed by atoms with Gasteiger partial charge in [-0.1, -0.05) is 5.16 Å². The fourth-order valence-corrected chi connectivity index (χ4v) is 2.37. The number of halogens is 3. The summed E-state index contributed by atoms with van der Waals surface area (Å²) in [5, 5.41) is 9.20. The van der Waals surface area contributed by atoms with Crippen LogP contribution in [0.3, 0.4) is 0 Å². The number of fused-ring (bicyclic) bond motifs is 1. The van der Waals surface area contributed by atoms with Crippen LogP contribution in [0, 0.1) is 0 Å². The van der Waals surface area contributed by atoms with Crippen molar-refractivity contribution >= 4 is 23.9 Å². The quantitative estimate of drug-likeness (QED) is 0.616. The highest BCUT2D eigenvalue weighted by molar-refractivity contribution is 5.99. The van der Waals surface area contributed by atoms with E-state index in [1.165, 1.54) is 11.4 Å². The summed E-state index contributed by atoms with van der Waals surface area (Å²) in [6.07, 6.45) is 0.126. The van der Waals surface area contributed by atoms with E-state index in [1.807, 2.05) is 0 Å². The molecule has 2 aromatic rings. The zero-order valence-corrected chi connectivity index (χ0v) is 14.3. The molecular formula is C16H12F3N7O3. The van der Waals surface area contributed by atoms with Gasteiger partial charge in [0, 0.05) is 18.0 Å². The molecule has 0 radical (unpaired) electrons. The Kier molecular flexibility index (Phi) is 4.46. The van der Waals surface area contributed by atoms with E-state index in [4.69, 9.17) is 4.84 Å². The molecule has 0 aliphatic carbocycles. The number of amides is 2. The number of aliphatic imine (C=N–C) groups is 1. The molecule has 29 heavy (non-hydrogen) atoms. The lowest BCUT2D eigenvalue weighted by Crippen LogP contribution is -2.29. The van der Waals surface area contributed by atoms with E-state index in [0.29, 0.717) is 17.5 Å². The van der Waals surface area contributed by atoms with E-state index < -0.39 is 18.0 Å². The Bertz CT molecular complexity index is 1010. The third-order valence-electron chi connectivity index (χ3n) is 3.65. The number of hydrazine groups is 1. The van der Waals surface area contributed by atoms with Gasteiger partial charge in [-0.05, 0) is 24.3 Å². The average molecular weight is 407 g/mol. The maximum atomic E-state index is 12.5.